The number of nitrogens with zero attached hydrogens (tertiary/aromatic N) is 1. The SMILES string of the molecule is CC1CN(C(=O)c2ccccc2C#CCCO)CCCO1. The fourth-order valence-electron chi connectivity index (χ4n) is 2.34. The average molecular weight is 287 g/mol. The van der Waals surface area contributed by atoms with Crippen LogP contribution in [0.1, 0.15) is 35.7 Å². The summed E-state index contributed by atoms with van der Waals surface area (Å²) in [5.41, 5.74) is 1.34. The fraction of sp³-hybridized carbons (Fsp3) is 0.471. The summed E-state index contributed by atoms with van der Waals surface area (Å²) in [5, 5.41) is 8.80. The fourth-order valence-corrected chi connectivity index (χ4v) is 2.34. The number of carbonyl (C=O) groups is 1. The molecule has 1 aliphatic heterocycles. The van der Waals surface area contributed by atoms with Crippen LogP contribution in [0.2, 0.25) is 0 Å². The van der Waals surface area contributed by atoms with Gasteiger partial charge in [-0.3, -0.25) is 4.79 Å². The highest BCUT2D eigenvalue weighted by Gasteiger charge is 2.22. The van der Waals surface area contributed by atoms with Crippen molar-refractivity contribution in [1.29, 1.82) is 0 Å². The van der Waals surface area contributed by atoms with E-state index in [-0.39, 0.29) is 18.6 Å². The molecule has 4 nitrogen and oxygen atoms in total. The predicted octanol–water partition coefficient (Wildman–Crippen LogP) is 1.67. The molecule has 2 rings (SSSR count). The first-order valence-electron chi connectivity index (χ1n) is 7.32. The summed E-state index contributed by atoms with van der Waals surface area (Å²) in [6.45, 7) is 4.03. The molecule has 1 saturated heterocycles. The highest BCUT2D eigenvalue weighted by Crippen LogP contribution is 2.14. The number of hydrogen-bond donors (Lipinski definition) is 1. The molecule has 0 bridgehead atoms. The summed E-state index contributed by atoms with van der Waals surface area (Å²) in [6.07, 6.45) is 1.33. The summed E-state index contributed by atoms with van der Waals surface area (Å²) >= 11 is 0. The normalized spacial score (nSPS) is 18.6. The molecule has 1 aromatic carbocycles. The van der Waals surface area contributed by atoms with Gasteiger partial charge in [-0.05, 0) is 25.5 Å². The van der Waals surface area contributed by atoms with Gasteiger partial charge < -0.3 is 14.7 Å². The first-order chi connectivity index (χ1) is 10.2. The van der Waals surface area contributed by atoms with Gasteiger partial charge in [0, 0.05) is 31.7 Å². The summed E-state index contributed by atoms with van der Waals surface area (Å²) in [5.74, 6) is 5.85. The molecule has 1 unspecified atom stereocenters. The minimum Gasteiger partial charge on any atom is -0.395 e. The number of ether oxygens (including phenoxy) is 1. The number of aliphatic hydroxyl groups is 1. The van der Waals surface area contributed by atoms with E-state index < -0.39 is 0 Å². The molecule has 21 heavy (non-hydrogen) atoms. The van der Waals surface area contributed by atoms with E-state index in [1.807, 2.05) is 36.1 Å². The Hall–Kier alpha value is -1.83. The Labute approximate surface area is 125 Å². The second-order valence-electron chi connectivity index (χ2n) is 5.11. The summed E-state index contributed by atoms with van der Waals surface area (Å²) in [6, 6.07) is 7.37. The van der Waals surface area contributed by atoms with Crippen LogP contribution in [0.25, 0.3) is 0 Å². The molecule has 1 aliphatic rings. The van der Waals surface area contributed by atoms with Gasteiger partial charge in [0.1, 0.15) is 0 Å². The molecule has 4 heteroatoms. The first kappa shape index (κ1) is 15.6. The van der Waals surface area contributed by atoms with E-state index >= 15 is 0 Å². The van der Waals surface area contributed by atoms with Gasteiger partial charge in [0.2, 0.25) is 0 Å². The van der Waals surface area contributed by atoms with Crippen LogP contribution in [0.4, 0.5) is 0 Å². The van der Waals surface area contributed by atoms with Crippen molar-refractivity contribution >= 4 is 5.91 Å². The molecule has 1 fully saturated rings. The molecule has 112 valence electrons. The smallest absolute Gasteiger partial charge is 0.255 e. The molecular formula is C17H21NO3. The van der Waals surface area contributed by atoms with Gasteiger partial charge in [0.05, 0.1) is 18.3 Å². The number of benzene rings is 1. The van der Waals surface area contributed by atoms with Crippen molar-refractivity contribution in [2.45, 2.75) is 25.9 Å². The lowest BCUT2D eigenvalue weighted by atomic mass is 10.1. The lowest BCUT2D eigenvalue weighted by molar-refractivity contribution is 0.0562. The minimum atomic E-state index is 0.00116. The van der Waals surface area contributed by atoms with Crippen LogP contribution in [-0.4, -0.2) is 48.3 Å². The lowest BCUT2D eigenvalue weighted by Gasteiger charge is -2.22. The average Bonchev–Trinajstić information content (AvgIpc) is 2.72. The third-order valence-electron chi connectivity index (χ3n) is 3.36. The Morgan fingerprint density at radius 3 is 3.10 bits per heavy atom. The molecule has 1 heterocycles. The van der Waals surface area contributed by atoms with Gasteiger partial charge in [0.15, 0.2) is 0 Å². The molecule has 0 radical (unpaired) electrons. The van der Waals surface area contributed by atoms with Gasteiger partial charge in [0.25, 0.3) is 5.91 Å². The number of amides is 1. The van der Waals surface area contributed by atoms with E-state index in [1.54, 1.807) is 0 Å². The van der Waals surface area contributed by atoms with E-state index in [1.165, 1.54) is 0 Å². The summed E-state index contributed by atoms with van der Waals surface area (Å²) in [7, 11) is 0. The van der Waals surface area contributed by atoms with Gasteiger partial charge in [-0.2, -0.15) is 0 Å². The molecule has 1 N–H and O–H groups in total. The van der Waals surface area contributed by atoms with Crippen molar-refractivity contribution in [2.75, 3.05) is 26.3 Å². The largest absolute Gasteiger partial charge is 0.395 e. The minimum absolute atomic E-state index is 0.00116. The van der Waals surface area contributed by atoms with E-state index in [0.29, 0.717) is 37.2 Å². The number of carbonyl (C=O) groups excluding carboxylic acids is 1. The molecule has 1 atom stereocenters. The predicted molar refractivity (Wildman–Crippen MR) is 81.0 cm³/mol. The van der Waals surface area contributed by atoms with Gasteiger partial charge in [-0.15, -0.1) is 0 Å². The maximum Gasteiger partial charge on any atom is 0.255 e. The standard InChI is InChI=1S/C17H21NO3/c1-14-13-18(10-6-12-21-14)17(20)16-9-3-2-7-15(16)8-4-5-11-19/h2-3,7,9,14,19H,5-6,10-13H2,1H3. The van der Waals surface area contributed by atoms with Crippen LogP contribution in [0, 0.1) is 11.8 Å². The van der Waals surface area contributed by atoms with E-state index in [0.717, 1.165) is 6.42 Å². The van der Waals surface area contributed by atoms with Crippen molar-refractivity contribution in [3.63, 3.8) is 0 Å². The van der Waals surface area contributed by atoms with Gasteiger partial charge in [-0.25, -0.2) is 0 Å². The Bertz CT molecular complexity index is 544. The van der Waals surface area contributed by atoms with Crippen molar-refractivity contribution in [2.24, 2.45) is 0 Å². The number of aliphatic hydroxyl groups excluding tert-OH is 1. The maximum atomic E-state index is 12.7. The summed E-state index contributed by atoms with van der Waals surface area (Å²) < 4.78 is 5.58. The Balaban J connectivity index is 2.20. The monoisotopic (exact) mass is 287 g/mol. The van der Waals surface area contributed by atoms with Crippen LogP contribution in [-0.2, 0) is 4.74 Å². The molecule has 1 aromatic rings. The highest BCUT2D eigenvalue weighted by molar-refractivity contribution is 5.96. The van der Waals surface area contributed by atoms with Crippen molar-refractivity contribution in [1.82, 2.24) is 4.90 Å². The quantitative estimate of drug-likeness (QED) is 0.842. The Morgan fingerprint density at radius 2 is 2.29 bits per heavy atom. The maximum absolute atomic E-state index is 12.7. The topological polar surface area (TPSA) is 49.8 Å². The van der Waals surface area contributed by atoms with Crippen molar-refractivity contribution < 1.29 is 14.6 Å². The second-order valence-corrected chi connectivity index (χ2v) is 5.11. The number of rotatable bonds is 2. The van der Waals surface area contributed by atoms with Crippen LogP contribution in [0.5, 0.6) is 0 Å². The molecule has 0 aromatic heterocycles. The van der Waals surface area contributed by atoms with E-state index in [4.69, 9.17) is 9.84 Å². The lowest BCUT2D eigenvalue weighted by Crippen LogP contribution is -2.36. The van der Waals surface area contributed by atoms with E-state index in [2.05, 4.69) is 11.8 Å². The first-order valence-corrected chi connectivity index (χ1v) is 7.32. The Kier molecular flexibility index (Phi) is 5.79. The third kappa shape index (κ3) is 4.32. The zero-order valence-electron chi connectivity index (χ0n) is 12.3. The van der Waals surface area contributed by atoms with Gasteiger partial charge in [-0.1, -0.05) is 24.0 Å². The molecule has 1 amide bonds. The summed E-state index contributed by atoms with van der Waals surface area (Å²) in [4.78, 5) is 14.5. The number of hydrogen-bond acceptors (Lipinski definition) is 3. The Morgan fingerprint density at radius 1 is 1.48 bits per heavy atom. The van der Waals surface area contributed by atoms with Crippen molar-refractivity contribution in [3.05, 3.63) is 35.4 Å². The zero-order chi connectivity index (χ0) is 15.1. The zero-order valence-corrected chi connectivity index (χ0v) is 12.3. The molecule has 0 aliphatic carbocycles. The second kappa shape index (κ2) is 7.82. The molecular weight excluding hydrogens is 266 g/mol. The third-order valence-corrected chi connectivity index (χ3v) is 3.36. The van der Waals surface area contributed by atoms with Crippen LogP contribution in [0.15, 0.2) is 24.3 Å². The van der Waals surface area contributed by atoms with E-state index in [9.17, 15) is 4.79 Å². The van der Waals surface area contributed by atoms with Crippen LogP contribution < -0.4 is 0 Å². The van der Waals surface area contributed by atoms with Crippen LogP contribution >= 0.6 is 0 Å². The molecule has 0 spiro atoms. The molecule has 0 saturated carbocycles. The van der Waals surface area contributed by atoms with Gasteiger partial charge >= 0.3 is 0 Å². The highest BCUT2D eigenvalue weighted by atomic mass is 16.5. The van der Waals surface area contributed by atoms with Crippen molar-refractivity contribution in [3.8, 4) is 11.8 Å². The van der Waals surface area contributed by atoms with Crippen LogP contribution in [0.3, 0.4) is 0 Å².